The molecule has 1 aromatic carbocycles. The number of carbonyl (C=O) groups is 2. The topological polar surface area (TPSA) is 71.1 Å². The maximum absolute atomic E-state index is 12.0. The lowest BCUT2D eigenvalue weighted by Gasteiger charge is -2.32. The van der Waals surface area contributed by atoms with Crippen LogP contribution >= 0.6 is 0 Å². The van der Waals surface area contributed by atoms with E-state index >= 15 is 0 Å². The van der Waals surface area contributed by atoms with Crippen molar-refractivity contribution in [3.05, 3.63) is 28.8 Å². The van der Waals surface area contributed by atoms with Gasteiger partial charge in [-0.2, -0.15) is 0 Å². The Labute approximate surface area is 148 Å². The molecular formula is C18H25BO6. The summed E-state index contributed by atoms with van der Waals surface area (Å²) in [5.74, 6) is -0.816. The number of carbonyl (C=O) groups excluding carboxylic acids is 2. The fourth-order valence-corrected chi connectivity index (χ4v) is 2.61. The van der Waals surface area contributed by atoms with E-state index in [0.29, 0.717) is 11.0 Å². The summed E-state index contributed by atoms with van der Waals surface area (Å²) in [6.07, 6.45) is 0. The second-order valence-corrected chi connectivity index (χ2v) is 7.23. The molecule has 0 aromatic heterocycles. The summed E-state index contributed by atoms with van der Waals surface area (Å²) in [6.45, 7) is 11.0. The number of esters is 2. The van der Waals surface area contributed by atoms with Crippen LogP contribution in [0.2, 0.25) is 0 Å². The van der Waals surface area contributed by atoms with Crippen LogP contribution in [0.25, 0.3) is 0 Å². The van der Waals surface area contributed by atoms with Crippen molar-refractivity contribution in [2.24, 2.45) is 0 Å². The minimum atomic E-state index is -0.667. The van der Waals surface area contributed by atoms with Gasteiger partial charge >= 0.3 is 19.1 Å². The third kappa shape index (κ3) is 3.88. The van der Waals surface area contributed by atoms with E-state index < -0.39 is 24.3 Å². The number of rotatable bonds is 4. The van der Waals surface area contributed by atoms with Crippen LogP contribution in [0.1, 0.15) is 56.1 Å². The summed E-state index contributed by atoms with van der Waals surface area (Å²) in [4.78, 5) is 23.2. The van der Waals surface area contributed by atoms with Gasteiger partial charge in [0.15, 0.2) is 0 Å². The number of hydrogen-bond donors (Lipinski definition) is 0. The van der Waals surface area contributed by atoms with E-state index in [4.69, 9.17) is 18.8 Å². The molecule has 1 aliphatic rings. The Bertz CT molecular complexity index is 679. The first-order chi connectivity index (χ1) is 11.5. The second-order valence-electron chi connectivity index (χ2n) is 7.23. The molecule has 136 valence electrons. The quantitative estimate of drug-likeness (QED) is 0.613. The lowest BCUT2D eigenvalue weighted by Crippen LogP contribution is -2.41. The lowest BCUT2D eigenvalue weighted by molar-refractivity contribution is -0.142. The van der Waals surface area contributed by atoms with Gasteiger partial charge in [-0.25, -0.2) is 4.79 Å². The van der Waals surface area contributed by atoms with E-state index in [1.165, 1.54) is 14.0 Å². The fraction of sp³-hybridized carbons (Fsp3) is 0.556. The minimum Gasteiger partial charge on any atom is -0.465 e. The Morgan fingerprint density at radius 1 is 1.12 bits per heavy atom. The van der Waals surface area contributed by atoms with Crippen LogP contribution in [0.5, 0.6) is 0 Å². The van der Waals surface area contributed by atoms with Crippen molar-refractivity contribution < 1.29 is 28.4 Å². The Balaban J connectivity index is 2.49. The summed E-state index contributed by atoms with van der Waals surface area (Å²) in [7, 11) is 0.669. The van der Waals surface area contributed by atoms with Gasteiger partial charge in [-0.05, 0) is 57.3 Å². The monoisotopic (exact) mass is 348 g/mol. The first-order valence-electron chi connectivity index (χ1n) is 8.19. The van der Waals surface area contributed by atoms with Gasteiger partial charge in [0.25, 0.3) is 0 Å². The van der Waals surface area contributed by atoms with Gasteiger partial charge in [-0.1, -0.05) is 6.07 Å². The minimum absolute atomic E-state index is 0.0804. The molecule has 1 aromatic rings. The van der Waals surface area contributed by atoms with Gasteiger partial charge in [0.2, 0.25) is 0 Å². The molecule has 1 aliphatic heterocycles. The van der Waals surface area contributed by atoms with Crippen molar-refractivity contribution in [3.8, 4) is 0 Å². The van der Waals surface area contributed by atoms with Gasteiger partial charge in [-0.15, -0.1) is 0 Å². The maximum Gasteiger partial charge on any atom is 0.495 e. The molecule has 1 heterocycles. The maximum atomic E-state index is 12.0. The normalized spacial score (nSPS) is 18.1. The summed E-state index contributed by atoms with van der Waals surface area (Å²) in [5.41, 5.74) is 1.51. The molecule has 1 saturated heterocycles. The molecule has 6 nitrogen and oxygen atoms in total. The number of hydrogen-bond acceptors (Lipinski definition) is 6. The van der Waals surface area contributed by atoms with Crippen molar-refractivity contribution in [1.29, 1.82) is 0 Å². The predicted octanol–water partition coefficient (Wildman–Crippen LogP) is 2.14. The van der Waals surface area contributed by atoms with E-state index in [2.05, 4.69) is 0 Å². The first-order valence-corrected chi connectivity index (χ1v) is 8.19. The average molecular weight is 348 g/mol. The predicted molar refractivity (Wildman–Crippen MR) is 93.7 cm³/mol. The van der Waals surface area contributed by atoms with Gasteiger partial charge in [0, 0.05) is 6.92 Å². The highest BCUT2D eigenvalue weighted by Crippen LogP contribution is 2.37. The number of benzene rings is 1. The van der Waals surface area contributed by atoms with Crippen LogP contribution in [0.4, 0.5) is 0 Å². The van der Waals surface area contributed by atoms with E-state index in [9.17, 15) is 9.59 Å². The van der Waals surface area contributed by atoms with Crippen LogP contribution in [-0.4, -0.2) is 37.4 Å². The van der Waals surface area contributed by atoms with Gasteiger partial charge in [0.1, 0.15) is 6.61 Å². The third-order valence-electron chi connectivity index (χ3n) is 4.83. The lowest BCUT2D eigenvalue weighted by atomic mass is 9.74. The molecule has 1 fully saturated rings. The molecule has 0 saturated carbocycles. The van der Waals surface area contributed by atoms with Gasteiger partial charge in [-0.3, -0.25) is 4.79 Å². The number of ether oxygens (including phenoxy) is 2. The third-order valence-corrected chi connectivity index (χ3v) is 4.83. The highest BCUT2D eigenvalue weighted by Gasteiger charge is 2.52. The highest BCUT2D eigenvalue weighted by atomic mass is 16.7. The molecule has 0 radical (unpaired) electrons. The Kier molecular flexibility index (Phi) is 5.30. The van der Waals surface area contributed by atoms with E-state index in [1.54, 1.807) is 19.1 Å². The van der Waals surface area contributed by atoms with Crippen molar-refractivity contribution >= 4 is 24.5 Å². The van der Waals surface area contributed by atoms with Crippen molar-refractivity contribution in [2.75, 3.05) is 7.11 Å². The molecule has 0 unspecified atom stereocenters. The largest absolute Gasteiger partial charge is 0.495 e. The summed E-state index contributed by atoms with van der Waals surface area (Å²) in [6, 6.07) is 3.50. The molecule has 25 heavy (non-hydrogen) atoms. The molecule has 2 rings (SSSR count). The number of methoxy groups -OCH3 is 1. The van der Waals surface area contributed by atoms with Crippen LogP contribution in [-0.2, 0) is 30.2 Å². The molecule has 0 aliphatic carbocycles. The van der Waals surface area contributed by atoms with E-state index in [0.717, 1.165) is 11.1 Å². The Hall–Kier alpha value is -1.86. The molecule has 7 heteroatoms. The smallest absolute Gasteiger partial charge is 0.465 e. The zero-order valence-electron chi connectivity index (χ0n) is 15.9. The SMILES string of the molecule is COC(=O)c1cc(B2OC(C)(C)C(C)(C)O2)c(COC(C)=O)cc1C. The molecule has 0 N–H and O–H groups in total. The molecule has 0 spiro atoms. The molecule has 0 bridgehead atoms. The Morgan fingerprint density at radius 2 is 1.68 bits per heavy atom. The molecular weight excluding hydrogens is 323 g/mol. The Morgan fingerprint density at radius 3 is 2.16 bits per heavy atom. The van der Waals surface area contributed by atoms with Gasteiger partial charge < -0.3 is 18.8 Å². The van der Waals surface area contributed by atoms with Crippen LogP contribution in [0.15, 0.2) is 12.1 Å². The van der Waals surface area contributed by atoms with E-state index in [-0.39, 0.29) is 12.6 Å². The molecule has 0 amide bonds. The van der Waals surface area contributed by atoms with Crippen LogP contribution in [0.3, 0.4) is 0 Å². The summed E-state index contributed by atoms with van der Waals surface area (Å²) in [5, 5.41) is 0. The zero-order valence-corrected chi connectivity index (χ0v) is 15.9. The summed E-state index contributed by atoms with van der Waals surface area (Å²) < 4.78 is 22.2. The van der Waals surface area contributed by atoms with Crippen LogP contribution < -0.4 is 5.46 Å². The second kappa shape index (κ2) is 6.80. The zero-order chi connectivity index (χ0) is 19.0. The standard InChI is InChI=1S/C18H25BO6/c1-11-8-13(10-23-12(2)20)15(9-14(11)16(21)22-7)19-24-17(3,4)18(5,6)25-19/h8-9H,10H2,1-7H3. The highest BCUT2D eigenvalue weighted by molar-refractivity contribution is 6.62. The van der Waals surface area contributed by atoms with Gasteiger partial charge in [0.05, 0.1) is 23.9 Å². The van der Waals surface area contributed by atoms with Crippen LogP contribution in [0, 0.1) is 6.92 Å². The first kappa shape index (κ1) is 19.5. The fourth-order valence-electron chi connectivity index (χ4n) is 2.61. The van der Waals surface area contributed by atoms with Crippen molar-refractivity contribution in [2.45, 2.75) is 59.4 Å². The van der Waals surface area contributed by atoms with Crippen molar-refractivity contribution in [3.63, 3.8) is 0 Å². The number of aryl methyl sites for hydroxylation is 1. The molecule has 0 atom stereocenters. The van der Waals surface area contributed by atoms with Crippen molar-refractivity contribution in [1.82, 2.24) is 0 Å². The summed E-state index contributed by atoms with van der Waals surface area (Å²) >= 11 is 0. The van der Waals surface area contributed by atoms with E-state index in [1.807, 2.05) is 27.7 Å². The average Bonchev–Trinajstić information content (AvgIpc) is 2.72.